The van der Waals surface area contributed by atoms with E-state index in [9.17, 15) is 0 Å². The van der Waals surface area contributed by atoms with Gasteiger partial charge in [0.2, 0.25) is 5.90 Å². The molecule has 0 radical (unpaired) electrons. The quantitative estimate of drug-likeness (QED) is 0.583. The average molecular weight is 152 g/mol. The number of aromatic nitrogens is 2. The molecule has 0 bridgehead atoms. The van der Waals surface area contributed by atoms with Gasteiger partial charge in [-0.2, -0.15) is 0 Å². The Labute approximate surface area is 63.3 Å². The Balaban J connectivity index is 2.35. The summed E-state index contributed by atoms with van der Waals surface area (Å²) in [6.45, 7) is 1.33. The highest BCUT2D eigenvalue weighted by Crippen LogP contribution is 2.09. The predicted molar refractivity (Wildman–Crippen MR) is 40.4 cm³/mol. The monoisotopic (exact) mass is 152 g/mol. The summed E-state index contributed by atoms with van der Waals surface area (Å²) in [4.78, 5) is 10.8. The summed E-state index contributed by atoms with van der Waals surface area (Å²) in [7, 11) is 0. The Bertz CT molecular complexity index is 291. The van der Waals surface area contributed by atoms with Crippen molar-refractivity contribution in [1.82, 2.24) is 9.97 Å². The molecule has 0 fully saturated rings. The standard InChI is InChI=1S/C6H8N4O/c7-5-4(9-3-10-5)6-8-1-2-11-6/h3H,1-2,7H2,(H,9,10). The number of H-pyrrole nitrogens is 1. The topological polar surface area (TPSA) is 76.3 Å². The minimum atomic E-state index is 0.436. The molecule has 1 aliphatic heterocycles. The number of hydrogen-bond acceptors (Lipinski definition) is 4. The van der Waals surface area contributed by atoms with Crippen molar-refractivity contribution in [1.29, 1.82) is 0 Å². The summed E-state index contributed by atoms with van der Waals surface area (Å²) >= 11 is 0. The lowest BCUT2D eigenvalue weighted by molar-refractivity contribution is 0.347. The molecule has 5 heteroatoms. The van der Waals surface area contributed by atoms with E-state index >= 15 is 0 Å². The van der Waals surface area contributed by atoms with Crippen LogP contribution in [0.25, 0.3) is 0 Å². The van der Waals surface area contributed by atoms with Gasteiger partial charge in [-0.1, -0.05) is 0 Å². The molecule has 2 heterocycles. The molecule has 1 aromatic rings. The lowest BCUT2D eigenvalue weighted by Crippen LogP contribution is -2.04. The van der Waals surface area contributed by atoms with E-state index in [0.29, 0.717) is 30.6 Å². The van der Waals surface area contributed by atoms with E-state index < -0.39 is 0 Å². The molecule has 5 nitrogen and oxygen atoms in total. The van der Waals surface area contributed by atoms with E-state index in [1.165, 1.54) is 6.33 Å². The fourth-order valence-corrected chi connectivity index (χ4v) is 0.963. The zero-order chi connectivity index (χ0) is 7.68. The largest absolute Gasteiger partial charge is 0.474 e. The van der Waals surface area contributed by atoms with E-state index in [1.807, 2.05) is 0 Å². The number of rotatable bonds is 1. The second-order valence-corrected chi connectivity index (χ2v) is 2.20. The molecule has 0 saturated carbocycles. The maximum Gasteiger partial charge on any atom is 0.237 e. The van der Waals surface area contributed by atoms with Gasteiger partial charge in [0, 0.05) is 0 Å². The van der Waals surface area contributed by atoms with Crippen LogP contribution < -0.4 is 5.73 Å². The summed E-state index contributed by atoms with van der Waals surface area (Å²) in [5, 5.41) is 0. The van der Waals surface area contributed by atoms with Crippen LogP contribution in [0.1, 0.15) is 5.69 Å². The van der Waals surface area contributed by atoms with Gasteiger partial charge in [-0.15, -0.1) is 0 Å². The van der Waals surface area contributed by atoms with Gasteiger partial charge in [0.25, 0.3) is 0 Å². The van der Waals surface area contributed by atoms with Crippen LogP contribution in [-0.2, 0) is 4.74 Å². The van der Waals surface area contributed by atoms with Crippen molar-refractivity contribution in [2.24, 2.45) is 4.99 Å². The number of anilines is 1. The van der Waals surface area contributed by atoms with E-state index in [0.717, 1.165) is 0 Å². The van der Waals surface area contributed by atoms with E-state index in [4.69, 9.17) is 10.5 Å². The first kappa shape index (κ1) is 6.21. The summed E-state index contributed by atoms with van der Waals surface area (Å²) < 4.78 is 5.18. The van der Waals surface area contributed by atoms with Crippen LogP contribution >= 0.6 is 0 Å². The van der Waals surface area contributed by atoms with Gasteiger partial charge in [-0.25, -0.2) is 9.98 Å². The van der Waals surface area contributed by atoms with E-state index in [-0.39, 0.29) is 0 Å². The molecule has 0 unspecified atom stereocenters. The van der Waals surface area contributed by atoms with Gasteiger partial charge in [0.1, 0.15) is 12.3 Å². The molecular formula is C6H8N4O. The van der Waals surface area contributed by atoms with Crippen LogP contribution in [-0.4, -0.2) is 29.0 Å². The highest BCUT2D eigenvalue weighted by Gasteiger charge is 2.14. The number of aliphatic imine (C=N–C) groups is 1. The summed E-state index contributed by atoms with van der Waals surface area (Å²) in [5.74, 6) is 1.01. The van der Waals surface area contributed by atoms with Crippen molar-refractivity contribution in [3.8, 4) is 0 Å². The number of hydrogen-bond donors (Lipinski definition) is 2. The first-order chi connectivity index (χ1) is 5.38. The maximum atomic E-state index is 5.52. The lowest BCUT2D eigenvalue weighted by Gasteiger charge is -1.97. The number of nitrogens with one attached hydrogen (secondary N) is 1. The predicted octanol–water partition coefficient (Wildman–Crippen LogP) is -0.231. The molecule has 2 rings (SSSR count). The summed E-state index contributed by atoms with van der Waals surface area (Å²) in [6, 6.07) is 0. The zero-order valence-corrected chi connectivity index (χ0v) is 5.87. The third-order valence-corrected chi connectivity index (χ3v) is 1.47. The fourth-order valence-electron chi connectivity index (χ4n) is 0.963. The molecule has 0 atom stereocenters. The number of nitrogens with two attached hydrogens (primary N) is 1. The van der Waals surface area contributed by atoms with E-state index in [2.05, 4.69) is 15.0 Å². The van der Waals surface area contributed by atoms with Gasteiger partial charge in [0.05, 0.1) is 12.9 Å². The third kappa shape index (κ3) is 0.938. The Morgan fingerprint density at radius 1 is 1.64 bits per heavy atom. The lowest BCUT2D eigenvalue weighted by atomic mass is 10.4. The van der Waals surface area contributed by atoms with Crippen LogP contribution in [0, 0.1) is 0 Å². The molecule has 11 heavy (non-hydrogen) atoms. The highest BCUT2D eigenvalue weighted by atomic mass is 16.5. The average Bonchev–Trinajstić information content (AvgIpc) is 2.55. The molecule has 0 amide bonds. The van der Waals surface area contributed by atoms with Gasteiger partial charge >= 0.3 is 0 Å². The van der Waals surface area contributed by atoms with Gasteiger partial charge in [-0.05, 0) is 0 Å². The second kappa shape index (κ2) is 2.26. The number of imidazole rings is 1. The van der Waals surface area contributed by atoms with Crippen LogP contribution in [0.2, 0.25) is 0 Å². The Morgan fingerprint density at radius 3 is 3.09 bits per heavy atom. The van der Waals surface area contributed by atoms with Crippen molar-refractivity contribution >= 4 is 11.7 Å². The SMILES string of the molecule is Nc1nc[nH]c1C1=NCCO1. The second-order valence-electron chi connectivity index (χ2n) is 2.20. The normalized spacial score (nSPS) is 16.2. The number of nitrogens with zero attached hydrogens (tertiary/aromatic N) is 2. The third-order valence-electron chi connectivity index (χ3n) is 1.47. The van der Waals surface area contributed by atoms with Crippen LogP contribution in [0.4, 0.5) is 5.82 Å². The molecule has 0 aliphatic carbocycles. The highest BCUT2D eigenvalue weighted by molar-refractivity contribution is 5.96. The van der Waals surface area contributed by atoms with Crippen molar-refractivity contribution in [2.75, 3.05) is 18.9 Å². The van der Waals surface area contributed by atoms with Gasteiger partial charge in [-0.3, -0.25) is 0 Å². The molecular weight excluding hydrogens is 144 g/mol. The first-order valence-corrected chi connectivity index (χ1v) is 3.34. The molecule has 1 aromatic heterocycles. The fraction of sp³-hybridized carbons (Fsp3) is 0.333. The summed E-state index contributed by atoms with van der Waals surface area (Å²) in [5.41, 5.74) is 6.20. The summed E-state index contributed by atoms with van der Waals surface area (Å²) in [6.07, 6.45) is 1.52. The van der Waals surface area contributed by atoms with Crippen molar-refractivity contribution in [2.45, 2.75) is 0 Å². The smallest absolute Gasteiger partial charge is 0.237 e. The number of ether oxygens (including phenoxy) is 1. The van der Waals surface area contributed by atoms with Gasteiger partial charge in [0.15, 0.2) is 5.82 Å². The first-order valence-electron chi connectivity index (χ1n) is 3.34. The van der Waals surface area contributed by atoms with Crippen molar-refractivity contribution in [3.63, 3.8) is 0 Å². The van der Waals surface area contributed by atoms with Crippen LogP contribution in [0.3, 0.4) is 0 Å². The minimum absolute atomic E-state index is 0.436. The number of aromatic amines is 1. The van der Waals surface area contributed by atoms with Gasteiger partial charge < -0.3 is 15.5 Å². The maximum absolute atomic E-state index is 5.52. The zero-order valence-electron chi connectivity index (χ0n) is 5.87. The number of nitrogen functional groups attached to an aromatic ring is 1. The Morgan fingerprint density at radius 2 is 2.55 bits per heavy atom. The molecule has 0 spiro atoms. The van der Waals surface area contributed by atoms with Crippen molar-refractivity contribution < 1.29 is 4.74 Å². The Hall–Kier alpha value is -1.52. The van der Waals surface area contributed by atoms with E-state index in [1.54, 1.807) is 0 Å². The molecule has 3 N–H and O–H groups in total. The van der Waals surface area contributed by atoms with Crippen LogP contribution in [0.15, 0.2) is 11.3 Å². The van der Waals surface area contributed by atoms with Crippen molar-refractivity contribution in [3.05, 3.63) is 12.0 Å². The minimum Gasteiger partial charge on any atom is -0.474 e. The molecule has 1 aliphatic rings. The molecule has 0 saturated heterocycles. The van der Waals surface area contributed by atoms with Crippen LogP contribution in [0.5, 0.6) is 0 Å². The Kier molecular flexibility index (Phi) is 1.28. The molecule has 0 aromatic carbocycles. The molecule has 58 valence electrons.